The van der Waals surface area contributed by atoms with E-state index in [0.717, 1.165) is 16.9 Å². The molecule has 134 valence electrons. The molecule has 2 aromatic carbocycles. The summed E-state index contributed by atoms with van der Waals surface area (Å²) in [6.45, 7) is 5.92. The summed E-state index contributed by atoms with van der Waals surface area (Å²) in [5.74, 6) is 1.71. The van der Waals surface area contributed by atoms with Gasteiger partial charge in [0.2, 0.25) is 0 Å². The van der Waals surface area contributed by atoms with Gasteiger partial charge in [-0.25, -0.2) is 0 Å². The van der Waals surface area contributed by atoms with Crippen molar-refractivity contribution >= 4 is 11.6 Å². The topological polar surface area (TPSA) is 56.8 Å². The maximum absolute atomic E-state index is 12.6. The number of aryl methyl sites for hydroxylation is 1. The van der Waals surface area contributed by atoms with E-state index in [9.17, 15) is 4.79 Å². The van der Waals surface area contributed by atoms with Crippen LogP contribution in [0.1, 0.15) is 24.5 Å². The van der Waals surface area contributed by atoms with Crippen LogP contribution < -0.4 is 19.5 Å². The van der Waals surface area contributed by atoms with Gasteiger partial charge in [0.05, 0.1) is 19.9 Å². The summed E-state index contributed by atoms with van der Waals surface area (Å²) < 4.78 is 16.4. The molecule has 5 nitrogen and oxygen atoms in total. The van der Waals surface area contributed by atoms with Crippen molar-refractivity contribution in [1.29, 1.82) is 0 Å². The van der Waals surface area contributed by atoms with E-state index in [1.165, 1.54) is 0 Å². The monoisotopic (exact) mass is 343 g/mol. The SMILES string of the molecule is CC[C@@H](Oc1cccc(C)c1C)C(=O)Nc1ccc(OC)cc1OC. The number of rotatable bonds is 7. The van der Waals surface area contributed by atoms with Crippen molar-refractivity contribution in [3.63, 3.8) is 0 Å². The molecule has 0 spiro atoms. The fourth-order valence-electron chi connectivity index (χ4n) is 2.44. The van der Waals surface area contributed by atoms with Gasteiger partial charge in [-0.05, 0) is 49.6 Å². The highest BCUT2D eigenvalue weighted by Gasteiger charge is 2.21. The molecule has 0 aliphatic heterocycles. The van der Waals surface area contributed by atoms with Crippen molar-refractivity contribution in [2.24, 2.45) is 0 Å². The smallest absolute Gasteiger partial charge is 0.265 e. The molecule has 0 radical (unpaired) electrons. The van der Waals surface area contributed by atoms with E-state index in [0.29, 0.717) is 23.6 Å². The molecule has 0 bridgehead atoms. The van der Waals surface area contributed by atoms with Gasteiger partial charge < -0.3 is 19.5 Å². The summed E-state index contributed by atoms with van der Waals surface area (Å²) in [6, 6.07) is 11.1. The first-order chi connectivity index (χ1) is 12.0. The van der Waals surface area contributed by atoms with E-state index in [-0.39, 0.29) is 5.91 Å². The predicted molar refractivity (Wildman–Crippen MR) is 98.8 cm³/mol. The number of methoxy groups -OCH3 is 2. The molecule has 0 aliphatic rings. The highest BCUT2D eigenvalue weighted by Crippen LogP contribution is 2.29. The number of nitrogens with one attached hydrogen (secondary N) is 1. The lowest BCUT2D eigenvalue weighted by Crippen LogP contribution is -2.32. The number of benzene rings is 2. The van der Waals surface area contributed by atoms with Crippen molar-refractivity contribution in [2.45, 2.75) is 33.3 Å². The van der Waals surface area contributed by atoms with Gasteiger partial charge in [0.15, 0.2) is 6.10 Å². The Morgan fingerprint density at radius 2 is 1.84 bits per heavy atom. The van der Waals surface area contributed by atoms with Gasteiger partial charge in [0.1, 0.15) is 17.2 Å². The first-order valence-corrected chi connectivity index (χ1v) is 8.25. The van der Waals surface area contributed by atoms with E-state index < -0.39 is 6.10 Å². The largest absolute Gasteiger partial charge is 0.497 e. The Balaban J connectivity index is 2.16. The molecule has 1 N–H and O–H groups in total. The summed E-state index contributed by atoms with van der Waals surface area (Å²) in [6.07, 6.45) is -0.0372. The highest BCUT2D eigenvalue weighted by molar-refractivity contribution is 5.95. The molecule has 0 fully saturated rings. The van der Waals surface area contributed by atoms with Crippen LogP contribution in [0.5, 0.6) is 17.2 Å². The first kappa shape index (κ1) is 18.6. The number of amides is 1. The lowest BCUT2D eigenvalue weighted by atomic mass is 10.1. The van der Waals surface area contributed by atoms with Crippen LogP contribution in [0.2, 0.25) is 0 Å². The van der Waals surface area contributed by atoms with Crippen LogP contribution in [-0.4, -0.2) is 26.2 Å². The van der Waals surface area contributed by atoms with Crippen molar-refractivity contribution in [2.75, 3.05) is 19.5 Å². The summed E-state index contributed by atoms with van der Waals surface area (Å²) in [4.78, 5) is 12.6. The fraction of sp³-hybridized carbons (Fsp3) is 0.350. The van der Waals surface area contributed by atoms with Gasteiger partial charge in [0.25, 0.3) is 5.91 Å². The molecule has 25 heavy (non-hydrogen) atoms. The maximum atomic E-state index is 12.6. The summed E-state index contributed by atoms with van der Waals surface area (Å²) in [7, 11) is 3.13. The predicted octanol–water partition coefficient (Wildman–Crippen LogP) is 4.12. The molecule has 0 heterocycles. The minimum absolute atomic E-state index is 0.216. The average molecular weight is 343 g/mol. The van der Waals surface area contributed by atoms with Gasteiger partial charge in [-0.1, -0.05) is 19.1 Å². The Labute approximate surface area is 148 Å². The maximum Gasteiger partial charge on any atom is 0.265 e. The van der Waals surface area contributed by atoms with Crippen molar-refractivity contribution < 1.29 is 19.0 Å². The Morgan fingerprint density at radius 1 is 1.08 bits per heavy atom. The van der Waals surface area contributed by atoms with Crippen LogP contribution in [0.15, 0.2) is 36.4 Å². The highest BCUT2D eigenvalue weighted by atomic mass is 16.5. The number of hydrogen-bond donors (Lipinski definition) is 1. The van der Waals surface area contributed by atoms with Crippen LogP contribution in [0.25, 0.3) is 0 Å². The van der Waals surface area contributed by atoms with Crippen LogP contribution in [0.3, 0.4) is 0 Å². The number of carbonyl (C=O) groups excluding carboxylic acids is 1. The molecule has 0 aliphatic carbocycles. The Kier molecular flexibility index (Phi) is 6.28. The molecule has 0 aromatic heterocycles. The number of carbonyl (C=O) groups is 1. The van der Waals surface area contributed by atoms with E-state index in [1.54, 1.807) is 32.4 Å². The number of anilines is 1. The Morgan fingerprint density at radius 3 is 2.48 bits per heavy atom. The minimum Gasteiger partial charge on any atom is -0.497 e. The van der Waals surface area contributed by atoms with Crippen LogP contribution >= 0.6 is 0 Å². The molecule has 0 unspecified atom stereocenters. The second-order valence-electron chi connectivity index (χ2n) is 5.77. The summed E-state index contributed by atoms with van der Waals surface area (Å²) in [5, 5.41) is 2.87. The molecular weight excluding hydrogens is 318 g/mol. The normalized spacial score (nSPS) is 11.6. The lowest BCUT2D eigenvalue weighted by molar-refractivity contribution is -0.122. The van der Waals surface area contributed by atoms with E-state index in [2.05, 4.69) is 5.32 Å². The summed E-state index contributed by atoms with van der Waals surface area (Å²) >= 11 is 0. The van der Waals surface area contributed by atoms with E-state index >= 15 is 0 Å². The Bertz CT molecular complexity index is 742. The molecule has 5 heteroatoms. The van der Waals surface area contributed by atoms with Crippen LogP contribution in [0.4, 0.5) is 5.69 Å². The van der Waals surface area contributed by atoms with Crippen molar-refractivity contribution in [1.82, 2.24) is 0 Å². The van der Waals surface area contributed by atoms with Crippen LogP contribution in [0, 0.1) is 13.8 Å². The zero-order valence-electron chi connectivity index (χ0n) is 15.4. The molecule has 0 saturated carbocycles. The van der Waals surface area contributed by atoms with Gasteiger partial charge in [0, 0.05) is 6.07 Å². The third kappa shape index (κ3) is 4.44. The molecule has 0 saturated heterocycles. The second-order valence-corrected chi connectivity index (χ2v) is 5.77. The quantitative estimate of drug-likeness (QED) is 0.822. The Hall–Kier alpha value is -2.69. The molecule has 2 rings (SSSR count). The third-order valence-corrected chi connectivity index (χ3v) is 4.15. The molecular formula is C20H25NO4. The fourth-order valence-corrected chi connectivity index (χ4v) is 2.44. The lowest BCUT2D eigenvalue weighted by Gasteiger charge is -2.20. The van der Waals surface area contributed by atoms with Gasteiger partial charge in [-0.2, -0.15) is 0 Å². The van der Waals surface area contributed by atoms with Crippen LogP contribution in [-0.2, 0) is 4.79 Å². The van der Waals surface area contributed by atoms with E-state index in [1.807, 2.05) is 39.0 Å². The van der Waals surface area contributed by atoms with Gasteiger partial charge >= 0.3 is 0 Å². The zero-order chi connectivity index (χ0) is 18.4. The second kappa shape index (κ2) is 8.42. The van der Waals surface area contributed by atoms with Crippen molar-refractivity contribution in [3.8, 4) is 17.2 Å². The van der Waals surface area contributed by atoms with E-state index in [4.69, 9.17) is 14.2 Å². The standard InChI is InChI=1S/C20H25NO4/c1-6-17(25-18-9-7-8-13(2)14(18)3)20(22)21-16-11-10-15(23-4)12-19(16)24-5/h7-12,17H,6H2,1-5H3,(H,21,22)/t17-/m1/s1. The number of hydrogen-bond acceptors (Lipinski definition) is 4. The third-order valence-electron chi connectivity index (χ3n) is 4.15. The number of ether oxygens (including phenoxy) is 3. The molecule has 2 aromatic rings. The zero-order valence-corrected chi connectivity index (χ0v) is 15.4. The summed E-state index contributed by atoms with van der Waals surface area (Å²) in [5.41, 5.74) is 2.75. The molecule has 1 atom stereocenters. The first-order valence-electron chi connectivity index (χ1n) is 8.25. The van der Waals surface area contributed by atoms with Gasteiger partial charge in [-0.3, -0.25) is 4.79 Å². The van der Waals surface area contributed by atoms with Gasteiger partial charge in [-0.15, -0.1) is 0 Å². The average Bonchev–Trinajstić information content (AvgIpc) is 2.63. The molecule has 1 amide bonds. The van der Waals surface area contributed by atoms with Crippen molar-refractivity contribution in [3.05, 3.63) is 47.5 Å². The minimum atomic E-state index is -0.590.